The van der Waals surface area contributed by atoms with E-state index >= 15 is 0 Å². The van der Waals surface area contributed by atoms with Gasteiger partial charge in [0.2, 0.25) is 0 Å². The fourth-order valence-corrected chi connectivity index (χ4v) is 2.40. The lowest BCUT2D eigenvalue weighted by Gasteiger charge is -2.12. The van der Waals surface area contributed by atoms with Crippen LogP contribution in [0.25, 0.3) is 5.57 Å². The fourth-order valence-electron chi connectivity index (χ4n) is 2.40. The van der Waals surface area contributed by atoms with Crippen LogP contribution in [0.2, 0.25) is 0 Å². The van der Waals surface area contributed by atoms with Gasteiger partial charge in [-0.25, -0.2) is 0 Å². The van der Waals surface area contributed by atoms with Crippen molar-refractivity contribution in [3.63, 3.8) is 0 Å². The SMILES string of the molecule is C=C(CC)c1cc(C)ccc1CCCCCCNC. The van der Waals surface area contributed by atoms with Crippen LogP contribution in [0.3, 0.4) is 0 Å². The molecule has 1 nitrogen and oxygen atoms in total. The van der Waals surface area contributed by atoms with E-state index < -0.39 is 0 Å². The minimum Gasteiger partial charge on any atom is -0.320 e. The van der Waals surface area contributed by atoms with Crippen LogP contribution in [0, 0.1) is 6.92 Å². The average molecular weight is 259 g/mol. The van der Waals surface area contributed by atoms with Gasteiger partial charge in [0.05, 0.1) is 0 Å². The first kappa shape index (κ1) is 16.0. The summed E-state index contributed by atoms with van der Waals surface area (Å²) in [6.07, 6.45) is 7.47. The van der Waals surface area contributed by atoms with E-state index in [1.165, 1.54) is 54.4 Å². The van der Waals surface area contributed by atoms with E-state index in [9.17, 15) is 0 Å². The Morgan fingerprint density at radius 3 is 2.58 bits per heavy atom. The highest BCUT2D eigenvalue weighted by Crippen LogP contribution is 2.23. The minimum atomic E-state index is 1.04. The second-order valence-electron chi connectivity index (χ2n) is 5.39. The lowest BCUT2D eigenvalue weighted by atomic mass is 9.93. The summed E-state index contributed by atoms with van der Waals surface area (Å²) < 4.78 is 0. The molecule has 19 heavy (non-hydrogen) atoms. The Kier molecular flexibility index (Phi) is 7.50. The van der Waals surface area contributed by atoms with Crippen molar-refractivity contribution in [1.29, 1.82) is 0 Å². The molecule has 0 aliphatic heterocycles. The molecule has 0 heterocycles. The van der Waals surface area contributed by atoms with Crippen molar-refractivity contribution in [2.45, 2.75) is 52.4 Å². The molecule has 0 aromatic heterocycles. The Labute approximate surface area is 119 Å². The topological polar surface area (TPSA) is 12.0 Å². The quantitative estimate of drug-likeness (QED) is 0.632. The van der Waals surface area contributed by atoms with Crippen molar-refractivity contribution in [2.24, 2.45) is 0 Å². The smallest absolute Gasteiger partial charge is 0.00519 e. The zero-order valence-electron chi connectivity index (χ0n) is 12.9. The maximum absolute atomic E-state index is 4.21. The molecule has 0 fully saturated rings. The fraction of sp³-hybridized carbons (Fsp3) is 0.556. The first-order valence-electron chi connectivity index (χ1n) is 7.61. The van der Waals surface area contributed by atoms with Crippen molar-refractivity contribution in [3.8, 4) is 0 Å². The van der Waals surface area contributed by atoms with Crippen LogP contribution in [0.5, 0.6) is 0 Å². The normalized spacial score (nSPS) is 10.7. The van der Waals surface area contributed by atoms with Crippen LogP contribution in [-0.4, -0.2) is 13.6 Å². The van der Waals surface area contributed by atoms with E-state index in [1.54, 1.807) is 0 Å². The number of rotatable bonds is 9. The predicted molar refractivity (Wildman–Crippen MR) is 86.6 cm³/mol. The maximum atomic E-state index is 4.21. The van der Waals surface area contributed by atoms with Crippen LogP contribution in [-0.2, 0) is 6.42 Å². The zero-order chi connectivity index (χ0) is 14.1. The van der Waals surface area contributed by atoms with Gasteiger partial charge in [-0.1, -0.05) is 50.1 Å². The molecule has 1 aromatic rings. The molecule has 0 aliphatic rings. The van der Waals surface area contributed by atoms with Gasteiger partial charge in [-0.15, -0.1) is 0 Å². The van der Waals surface area contributed by atoms with Gasteiger partial charge in [0.1, 0.15) is 0 Å². The van der Waals surface area contributed by atoms with E-state index in [4.69, 9.17) is 0 Å². The Morgan fingerprint density at radius 1 is 1.16 bits per heavy atom. The Morgan fingerprint density at radius 2 is 1.89 bits per heavy atom. The summed E-state index contributed by atoms with van der Waals surface area (Å²) in [4.78, 5) is 0. The highest BCUT2D eigenvalue weighted by atomic mass is 14.8. The summed E-state index contributed by atoms with van der Waals surface area (Å²) in [5.41, 5.74) is 5.47. The van der Waals surface area contributed by atoms with E-state index in [0.717, 1.165) is 13.0 Å². The maximum Gasteiger partial charge on any atom is -0.00519 e. The molecule has 0 saturated heterocycles. The molecular formula is C18H29N. The Balaban J connectivity index is 2.50. The van der Waals surface area contributed by atoms with Crippen molar-refractivity contribution < 1.29 is 0 Å². The third-order valence-corrected chi connectivity index (χ3v) is 3.70. The monoisotopic (exact) mass is 259 g/mol. The molecule has 1 aromatic carbocycles. The molecule has 0 atom stereocenters. The first-order valence-corrected chi connectivity index (χ1v) is 7.61. The predicted octanol–water partition coefficient (Wildman–Crippen LogP) is 4.74. The lowest BCUT2D eigenvalue weighted by molar-refractivity contribution is 0.616. The van der Waals surface area contributed by atoms with Crippen molar-refractivity contribution in [1.82, 2.24) is 5.32 Å². The summed E-state index contributed by atoms with van der Waals surface area (Å²) in [7, 11) is 2.02. The summed E-state index contributed by atoms with van der Waals surface area (Å²) in [6.45, 7) is 9.69. The summed E-state index contributed by atoms with van der Waals surface area (Å²) in [5, 5.41) is 3.20. The van der Waals surface area contributed by atoms with Crippen molar-refractivity contribution >= 4 is 5.57 Å². The number of nitrogens with one attached hydrogen (secondary N) is 1. The number of aryl methyl sites for hydroxylation is 2. The molecule has 1 rings (SSSR count). The third kappa shape index (κ3) is 5.61. The van der Waals surface area contributed by atoms with E-state index in [-0.39, 0.29) is 0 Å². The van der Waals surface area contributed by atoms with Gasteiger partial charge in [-0.3, -0.25) is 0 Å². The number of hydrogen-bond donors (Lipinski definition) is 1. The lowest BCUT2D eigenvalue weighted by Crippen LogP contribution is -2.07. The van der Waals surface area contributed by atoms with Gasteiger partial charge in [0, 0.05) is 0 Å². The van der Waals surface area contributed by atoms with Crippen LogP contribution < -0.4 is 5.32 Å². The zero-order valence-corrected chi connectivity index (χ0v) is 12.9. The molecule has 0 aliphatic carbocycles. The molecule has 106 valence electrons. The van der Waals surface area contributed by atoms with E-state index in [1.807, 2.05) is 7.05 Å². The van der Waals surface area contributed by atoms with Gasteiger partial charge < -0.3 is 5.32 Å². The molecule has 0 radical (unpaired) electrons. The van der Waals surface area contributed by atoms with Gasteiger partial charge in [-0.2, -0.15) is 0 Å². The van der Waals surface area contributed by atoms with Crippen LogP contribution in [0.1, 0.15) is 55.7 Å². The number of hydrogen-bond acceptors (Lipinski definition) is 1. The molecule has 0 bridgehead atoms. The van der Waals surface area contributed by atoms with Crippen LogP contribution in [0.15, 0.2) is 24.8 Å². The highest BCUT2D eigenvalue weighted by molar-refractivity contribution is 5.66. The number of unbranched alkanes of at least 4 members (excludes halogenated alkanes) is 3. The van der Waals surface area contributed by atoms with Gasteiger partial charge >= 0.3 is 0 Å². The van der Waals surface area contributed by atoms with Gasteiger partial charge in [-0.05, 0) is 62.9 Å². The Hall–Kier alpha value is -1.08. The first-order chi connectivity index (χ1) is 9.19. The van der Waals surface area contributed by atoms with Crippen LogP contribution in [0.4, 0.5) is 0 Å². The molecule has 0 unspecified atom stereocenters. The van der Waals surface area contributed by atoms with Gasteiger partial charge in [0.25, 0.3) is 0 Å². The second kappa shape index (κ2) is 8.92. The standard InChI is InChI=1S/C18H29N/c1-5-16(3)18-14-15(2)11-12-17(18)10-8-6-7-9-13-19-4/h11-12,14,19H,3,5-10,13H2,1-2,4H3. The van der Waals surface area contributed by atoms with E-state index in [2.05, 4.69) is 43.9 Å². The minimum absolute atomic E-state index is 1.04. The van der Waals surface area contributed by atoms with Gasteiger partial charge in [0.15, 0.2) is 0 Å². The average Bonchev–Trinajstić information content (AvgIpc) is 2.43. The largest absolute Gasteiger partial charge is 0.320 e. The van der Waals surface area contributed by atoms with E-state index in [0.29, 0.717) is 0 Å². The molecule has 0 spiro atoms. The summed E-state index contributed by atoms with van der Waals surface area (Å²) in [6, 6.07) is 6.81. The second-order valence-corrected chi connectivity index (χ2v) is 5.39. The highest BCUT2D eigenvalue weighted by Gasteiger charge is 2.05. The molecular weight excluding hydrogens is 230 g/mol. The Bertz CT molecular complexity index is 393. The molecule has 0 saturated carbocycles. The summed E-state index contributed by atoms with van der Waals surface area (Å²) >= 11 is 0. The van der Waals surface area contributed by atoms with Crippen molar-refractivity contribution in [3.05, 3.63) is 41.5 Å². The third-order valence-electron chi connectivity index (χ3n) is 3.70. The number of benzene rings is 1. The molecule has 1 heteroatoms. The van der Waals surface area contributed by atoms with Crippen molar-refractivity contribution in [2.75, 3.05) is 13.6 Å². The van der Waals surface area contributed by atoms with Crippen LogP contribution >= 0.6 is 0 Å². The molecule has 1 N–H and O–H groups in total. The molecule has 0 amide bonds. The number of allylic oxidation sites excluding steroid dienone is 1. The summed E-state index contributed by atoms with van der Waals surface area (Å²) in [5.74, 6) is 0.